The molecule has 3 nitrogen and oxygen atoms in total. The fourth-order valence-corrected chi connectivity index (χ4v) is 3.45. The van der Waals surface area contributed by atoms with E-state index in [-0.39, 0.29) is 6.04 Å². The SMILES string of the molecule is CC(CCc1ccccc1)NS(=O)(=O)c1ccc(F)cc1F. The van der Waals surface area contributed by atoms with Gasteiger partial charge in [0.2, 0.25) is 10.0 Å². The van der Waals surface area contributed by atoms with Crippen LogP contribution in [0.5, 0.6) is 0 Å². The third kappa shape index (κ3) is 4.35. The molecule has 1 N–H and O–H groups in total. The van der Waals surface area contributed by atoms with Gasteiger partial charge in [-0.15, -0.1) is 0 Å². The molecule has 118 valence electrons. The average Bonchev–Trinajstić information content (AvgIpc) is 2.45. The molecule has 0 bridgehead atoms. The van der Waals surface area contributed by atoms with E-state index in [1.54, 1.807) is 6.92 Å². The molecule has 2 aromatic carbocycles. The van der Waals surface area contributed by atoms with Crippen molar-refractivity contribution in [1.29, 1.82) is 0 Å². The Bertz CT molecular complexity index is 733. The van der Waals surface area contributed by atoms with Crippen LogP contribution >= 0.6 is 0 Å². The van der Waals surface area contributed by atoms with E-state index in [0.717, 1.165) is 17.7 Å². The molecule has 0 amide bonds. The van der Waals surface area contributed by atoms with Crippen LogP contribution in [-0.4, -0.2) is 14.5 Å². The Balaban J connectivity index is 2.02. The van der Waals surface area contributed by atoms with Crippen molar-refractivity contribution in [3.05, 3.63) is 65.7 Å². The lowest BCUT2D eigenvalue weighted by Crippen LogP contribution is -2.33. The van der Waals surface area contributed by atoms with E-state index in [2.05, 4.69) is 4.72 Å². The summed E-state index contributed by atoms with van der Waals surface area (Å²) in [6, 6.07) is 11.7. The van der Waals surface area contributed by atoms with E-state index < -0.39 is 26.6 Å². The molecular formula is C16H17F2NO2S. The van der Waals surface area contributed by atoms with Crippen LogP contribution < -0.4 is 4.72 Å². The Morgan fingerprint density at radius 2 is 1.77 bits per heavy atom. The number of nitrogens with one attached hydrogen (secondary N) is 1. The second kappa shape index (κ2) is 6.98. The Hall–Kier alpha value is -1.79. The Kier molecular flexibility index (Phi) is 5.26. The lowest BCUT2D eigenvalue weighted by atomic mass is 10.1. The molecule has 0 aliphatic heterocycles. The van der Waals surface area contributed by atoms with Crippen LogP contribution in [0.4, 0.5) is 8.78 Å². The van der Waals surface area contributed by atoms with Crippen LogP contribution in [-0.2, 0) is 16.4 Å². The van der Waals surface area contributed by atoms with Crippen molar-refractivity contribution in [2.75, 3.05) is 0 Å². The molecule has 22 heavy (non-hydrogen) atoms. The van der Waals surface area contributed by atoms with Crippen LogP contribution in [0.1, 0.15) is 18.9 Å². The fourth-order valence-electron chi connectivity index (χ4n) is 2.11. The maximum Gasteiger partial charge on any atom is 0.243 e. The molecule has 1 unspecified atom stereocenters. The molecule has 0 aromatic heterocycles. The van der Waals surface area contributed by atoms with E-state index in [1.807, 2.05) is 30.3 Å². The van der Waals surface area contributed by atoms with Gasteiger partial charge in [-0.1, -0.05) is 30.3 Å². The zero-order valence-corrected chi connectivity index (χ0v) is 12.9. The monoisotopic (exact) mass is 325 g/mol. The van der Waals surface area contributed by atoms with Gasteiger partial charge < -0.3 is 0 Å². The number of rotatable bonds is 6. The predicted octanol–water partition coefficient (Wildman–Crippen LogP) is 3.26. The smallest absolute Gasteiger partial charge is 0.208 e. The molecule has 6 heteroatoms. The molecule has 2 aromatic rings. The topological polar surface area (TPSA) is 46.2 Å². The van der Waals surface area contributed by atoms with Crippen molar-refractivity contribution in [1.82, 2.24) is 4.72 Å². The fraction of sp³-hybridized carbons (Fsp3) is 0.250. The minimum atomic E-state index is -4.00. The molecule has 0 spiro atoms. The highest BCUT2D eigenvalue weighted by molar-refractivity contribution is 7.89. The second-order valence-corrected chi connectivity index (χ2v) is 6.80. The number of halogens is 2. The van der Waals surface area contributed by atoms with Crippen LogP contribution in [0, 0.1) is 11.6 Å². The number of sulfonamides is 1. The first-order valence-corrected chi connectivity index (χ1v) is 8.38. The number of benzene rings is 2. The summed E-state index contributed by atoms with van der Waals surface area (Å²) in [5.41, 5.74) is 1.10. The lowest BCUT2D eigenvalue weighted by Gasteiger charge is -2.14. The second-order valence-electron chi connectivity index (χ2n) is 5.12. The van der Waals surface area contributed by atoms with Gasteiger partial charge in [0.05, 0.1) is 0 Å². The van der Waals surface area contributed by atoms with Crippen molar-refractivity contribution in [3.63, 3.8) is 0 Å². The van der Waals surface area contributed by atoms with E-state index in [4.69, 9.17) is 0 Å². The number of aryl methyl sites for hydroxylation is 1. The molecule has 1 atom stereocenters. The highest BCUT2D eigenvalue weighted by atomic mass is 32.2. The normalized spacial score (nSPS) is 13.0. The van der Waals surface area contributed by atoms with E-state index >= 15 is 0 Å². The highest BCUT2D eigenvalue weighted by Crippen LogP contribution is 2.16. The summed E-state index contributed by atoms with van der Waals surface area (Å²) in [5.74, 6) is -1.91. The largest absolute Gasteiger partial charge is 0.243 e. The third-order valence-corrected chi connectivity index (χ3v) is 4.87. The maximum absolute atomic E-state index is 13.6. The first-order chi connectivity index (χ1) is 10.4. The first-order valence-electron chi connectivity index (χ1n) is 6.90. The van der Waals surface area contributed by atoms with Crippen LogP contribution in [0.15, 0.2) is 53.4 Å². The summed E-state index contributed by atoms with van der Waals surface area (Å²) >= 11 is 0. The molecule has 0 saturated heterocycles. The van der Waals surface area contributed by atoms with Crippen LogP contribution in [0.2, 0.25) is 0 Å². The van der Waals surface area contributed by atoms with Gasteiger partial charge in [0, 0.05) is 12.1 Å². The zero-order valence-electron chi connectivity index (χ0n) is 12.1. The van der Waals surface area contributed by atoms with Gasteiger partial charge in [-0.3, -0.25) is 0 Å². The van der Waals surface area contributed by atoms with Gasteiger partial charge in [-0.25, -0.2) is 21.9 Å². The molecule has 2 rings (SSSR count). The maximum atomic E-state index is 13.6. The molecule has 0 saturated carbocycles. The third-order valence-electron chi connectivity index (χ3n) is 3.25. The van der Waals surface area contributed by atoms with E-state index in [1.165, 1.54) is 0 Å². The van der Waals surface area contributed by atoms with Crippen molar-refractivity contribution in [2.24, 2.45) is 0 Å². The quantitative estimate of drug-likeness (QED) is 0.886. The summed E-state index contributed by atoms with van der Waals surface area (Å²) in [4.78, 5) is -0.541. The first kappa shape index (κ1) is 16.6. The summed E-state index contributed by atoms with van der Waals surface area (Å²) in [5, 5.41) is 0. The number of hydrogen-bond donors (Lipinski definition) is 1. The van der Waals surface area contributed by atoms with Gasteiger partial charge in [-0.05, 0) is 37.5 Å². The minimum absolute atomic E-state index is 0.366. The highest BCUT2D eigenvalue weighted by Gasteiger charge is 2.21. The zero-order chi connectivity index (χ0) is 16.2. The molecule has 0 radical (unpaired) electrons. The van der Waals surface area contributed by atoms with E-state index in [0.29, 0.717) is 18.9 Å². The summed E-state index contributed by atoms with van der Waals surface area (Å²) in [6.45, 7) is 1.71. The molecule has 0 fully saturated rings. The summed E-state index contributed by atoms with van der Waals surface area (Å²) in [7, 11) is -4.00. The molecule has 0 heterocycles. The Morgan fingerprint density at radius 1 is 1.09 bits per heavy atom. The van der Waals surface area contributed by atoms with Gasteiger partial charge in [-0.2, -0.15) is 0 Å². The van der Waals surface area contributed by atoms with Crippen LogP contribution in [0.3, 0.4) is 0 Å². The molecule has 0 aliphatic carbocycles. The number of hydrogen-bond acceptors (Lipinski definition) is 2. The molecule has 0 aliphatic rings. The van der Waals surface area contributed by atoms with Crippen LogP contribution in [0.25, 0.3) is 0 Å². The van der Waals surface area contributed by atoms with Gasteiger partial charge in [0.15, 0.2) is 0 Å². The standard InChI is InChI=1S/C16H17F2NO2S/c1-12(7-8-13-5-3-2-4-6-13)19-22(20,21)16-10-9-14(17)11-15(16)18/h2-6,9-12,19H,7-8H2,1H3. The Morgan fingerprint density at radius 3 is 2.41 bits per heavy atom. The lowest BCUT2D eigenvalue weighted by molar-refractivity contribution is 0.527. The molecular weight excluding hydrogens is 308 g/mol. The van der Waals surface area contributed by atoms with Gasteiger partial charge in [0.1, 0.15) is 16.5 Å². The summed E-state index contributed by atoms with van der Waals surface area (Å²) in [6.07, 6.45) is 1.28. The minimum Gasteiger partial charge on any atom is -0.208 e. The Labute approximate surface area is 129 Å². The summed E-state index contributed by atoms with van der Waals surface area (Å²) < 4.78 is 53.1. The van der Waals surface area contributed by atoms with Gasteiger partial charge in [0.25, 0.3) is 0 Å². The average molecular weight is 325 g/mol. The van der Waals surface area contributed by atoms with Crippen molar-refractivity contribution in [3.8, 4) is 0 Å². The van der Waals surface area contributed by atoms with Gasteiger partial charge >= 0.3 is 0 Å². The van der Waals surface area contributed by atoms with E-state index in [9.17, 15) is 17.2 Å². The van der Waals surface area contributed by atoms with Crippen molar-refractivity contribution < 1.29 is 17.2 Å². The van der Waals surface area contributed by atoms with Crippen molar-refractivity contribution >= 4 is 10.0 Å². The predicted molar refractivity (Wildman–Crippen MR) is 80.9 cm³/mol. The van der Waals surface area contributed by atoms with Crippen molar-refractivity contribution in [2.45, 2.75) is 30.7 Å².